The van der Waals surface area contributed by atoms with Gasteiger partial charge in [0.2, 0.25) is 0 Å². The zero-order chi connectivity index (χ0) is 14.5. The SMILES string of the molecule is FC(F)Oc1cccc(NCc2cc(Cl)ccc2Cl)c1. The zero-order valence-electron chi connectivity index (χ0n) is 10.2. The molecule has 0 unspecified atom stereocenters. The van der Waals surface area contributed by atoms with Gasteiger partial charge in [0, 0.05) is 28.3 Å². The highest BCUT2D eigenvalue weighted by atomic mass is 35.5. The number of benzene rings is 2. The Morgan fingerprint density at radius 2 is 1.90 bits per heavy atom. The molecule has 0 aromatic heterocycles. The van der Waals surface area contributed by atoms with Gasteiger partial charge in [-0.2, -0.15) is 8.78 Å². The molecule has 0 aliphatic rings. The Morgan fingerprint density at radius 1 is 1.10 bits per heavy atom. The second-order valence-corrected chi connectivity index (χ2v) is 4.84. The van der Waals surface area contributed by atoms with Gasteiger partial charge in [0.25, 0.3) is 0 Å². The Kier molecular flexibility index (Phi) is 5.04. The number of halogens is 4. The Labute approximate surface area is 125 Å². The number of hydrogen-bond donors (Lipinski definition) is 1. The molecule has 0 heterocycles. The van der Waals surface area contributed by atoms with E-state index < -0.39 is 6.61 Å². The van der Waals surface area contributed by atoms with Crippen molar-refractivity contribution in [1.82, 2.24) is 0 Å². The lowest BCUT2D eigenvalue weighted by Crippen LogP contribution is -2.03. The van der Waals surface area contributed by atoms with E-state index >= 15 is 0 Å². The molecule has 6 heteroatoms. The van der Waals surface area contributed by atoms with E-state index in [4.69, 9.17) is 23.2 Å². The Morgan fingerprint density at radius 3 is 2.65 bits per heavy atom. The minimum Gasteiger partial charge on any atom is -0.435 e. The van der Waals surface area contributed by atoms with E-state index in [1.165, 1.54) is 12.1 Å². The van der Waals surface area contributed by atoms with Crippen LogP contribution >= 0.6 is 23.2 Å². The summed E-state index contributed by atoms with van der Waals surface area (Å²) in [5.74, 6) is 0.0993. The standard InChI is InChI=1S/C14H11Cl2F2NO/c15-10-4-5-13(16)9(6-10)8-19-11-2-1-3-12(7-11)20-14(17)18/h1-7,14,19H,8H2. The predicted octanol–water partition coefficient (Wildman–Crippen LogP) is 5.21. The summed E-state index contributed by atoms with van der Waals surface area (Å²) < 4.78 is 28.6. The third kappa shape index (κ3) is 4.25. The van der Waals surface area contributed by atoms with Gasteiger partial charge in [0.05, 0.1) is 0 Å². The maximum Gasteiger partial charge on any atom is 0.387 e. The second-order valence-electron chi connectivity index (χ2n) is 4.00. The van der Waals surface area contributed by atoms with E-state index in [0.717, 1.165) is 5.56 Å². The van der Waals surface area contributed by atoms with Gasteiger partial charge in [-0.25, -0.2) is 0 Å². The van der Waals surface area contributed by atoms with Crippen molar-refractivity contribution in [3.8, 4) is 5.75 Å². The number of nitrogens with one attached hydrogen (secondary N) is 1. The molecule has 0 amide bonds. The highest BCUT2D eigenvalue weighted by Gasteiger charge is 2.05. The van der Waals surface area contributed by atoms with E-state index in [1.807, 2.05) is 0 Å². The first kappa shape index (κ1) is 14.9. The first-order valence-electron chi connectivity index (χ1n) is 5.77. The molecule has 0 aliphatic heterocycles. The van der Waals surface area contributed by atoms with Crippen molar-refractivity contribution in [2.75, 3.05) is 5.32 Å². The van der Waals surface area contributed by atoms with Crippen molar-refractivity contribution in [3.63, 3.8) is 0 Å². The summed E-state index contributed by atoms with van der Waals surface area (Å²) in [6.07, 6.45) is 0. The van der Waals surface area contributed by atoms with Gasteiger partial charge in [-0.15, -0.1) is 0 Å². The number of ether oxygens (including phenoxy) is 1. The van der Waals surface area contributed by atoms with Crippen LogP contribution in [0.3, 0.4) is 0 Å². The molecule has 0 spiro atoms. The second kappa shape index (κ2) is 6.77. The molecule has 2 aromatic rings. The molecule has 0 bridgehead atoms. The summed E-state index contributed by atoms with van der Waals surface area (Å²) >= 11 is 11.9. The van der Waals surface area contributed by atoms with Gasteiger partial charge in [0.15, 0.2) is 0 Å². The zero-order valence-corrected chi connectivity index (χ0v) is 11.8. The van der Waals surface area contributed by atoms with Crippen molar-refractivity contribution < 1.29 is 13.5 Å². The summed E-state index contributed by atoms with van der Waals surface area (Å²) in [6, 6.07) is 11.5. The lowest BCUT2D eigenvalue weighted by molar-refractivity contribution is -0.0498. The first-order chi connectivity index (χ1) is 9.54. The van der Waals surface area contributed by atoms with Crippen LogP contribution in [0.5, 0.6) is 5.75 Å². The van der Waals surface area contributed by atoms with Crippen LogP contribution in [-0.4, -0.2) is 6.61 Å². The monoisotopic (exact) mass is 317 g/mol. The van der Waals surface area contributed by atoms with Crippen LogP contribution in [0.1, 0.15) is 5.56 Å². The molecule has 0 atom stereocenters. The minimum absolute atomic E-state index is 0.0993. The fourth-order valence-corrected chi connectivity index (χ4v) is 2.04. The van der Waals surface area contributed by atoms with Crippen LogP contribution in [-0.2, 0) is 6.54 Å². The van der Waals surface area contributed by atoms with Crippen LogP contribution in [0.4, 0.5) is 14.5 Å². The third-order valence-corrected chi connectivity index (χ3v) is 3.15. The molecular formula is C14H11Cl2F2NO. The van der Waals surface area contributed by atoms with E-state index in [0.29, 0.717) is 22.3 Å². The quantitative estimate of drug-likeness (QED) is 0.817. The fraction of sp³-hybridized carbons (Fsp3) is 0.143. The molecule has 0 radical (unpaired) electrons. The topological polar surface area (TPSA) is 21.3 Å². The average molecular weight is 318 g/mol. The van der Waals surface area contributed by atoms with Crippen molar-refractivity contribution >= 4 is 28.9 Å². The Bertz CT molecular complexity index is 593. The van der Waals surface area contributed by atoms with Crippen molar-refractivity contribution in [1.29, 1.82) is 0 Å². The summed E-state index contributed by atoms with van der Waals surface area (Å²) in [5, 5.41) is 4.24. The largest absolute Gasteiger partial charge is 0.435 e. The summed E-state index contributed by atoms with van der Waals surface area (Å²) in [6.45, 7) is -2.41. The van der Waals surface area contributed by atoms with Gasteiger partial charge in [-0.05, 0) is 35.9 Å². The van der Waals surface area contributed by atoms with Crippen LogP contribution < -0.4 is 10.1 Å². The molecule has 0 saturated heterocycles. The van der Waals surface area contributed by atoms with Crippen molar-refractivity contribution in [2.24, 2.45) is 0 Å². The van der Waals surface area contributed by atoms with E-state index in [1.54, 1.807) is 30.3 Å². The molecule has 0 aliphatic carbocycles. The van der Waals surface area contributed by atoms with Gasteiger partial charge in [-0.3, -0.25) is 0 Å². The van der Waals surface area contributed by atoms with Crippen LogP contribution in [0, 0.1) is 0 Å². The number of rotatable bonds is 5. The molecule has 2 aromatic carbocycles. The van der Waals surface area contributed by atoms with Gasteiger partial charge >= 0.3 is 6.61 Å². The smallest absolute Gasteiger partial charge is 0.387 e. The van der Waals surface area contributed by atoms with Crippen molar-refractivity contribution in [3.05, 3.63) is 58.1 Å². The van der Waals surface area contributed by atoms with Crippen LogP contribution in [0.2, 0.25) is 10.0 Å². The number of anilines is 1. The highest BCUT2D eigenvalue weighted by Crippen LogP contribution is 2.23. The first-order valence-corrected chi connectivity index (χ1v) is 6.53. The van der Waals surface area contributed by atoms with Crippen molar-refractivity contribution in [2.45, 2.75) is 13.2 Å². The molecule has 2 rings (SSSR count). The van der Waals surface area contributed by atoms with Gasteiger partial charge < -0.3 is 10.1 Å². The third-order valence-electron chi connectivity index (χ3n) is 2.55. The fourth-order valence-electron chi connectivity index (χ4n) is 1.66. The maximum atomic E-state index is 12.1. The molecule has 106 valence electrons. The Hall–Kier alpha value is -1.52. The van der Waals surface area contributed by atoms with E-state index in [2.05, 4.69) is 10.1 Å². The number of alkyl halides is 2. The Balaban J connectivity index is 2.05. The number of hydrogen-bond acceptors (Lipinski definition) is 2. The predicted molar refractivity (Wildman–Crippen MR) is 76.9 cm³/mol. The lowest BCUT2D eigenvalue weighted by atomic mass is 10.2. The lowest BCUT2D eigenvalue weighted by Gasteiger charge is -2.10. The minimum atomic E-state index is -2.84. The summed E-state index contributed by atoms with van der Waals surface area (Å²) in [4.78, 5) is 0. The average Bonchev–Trinajstić information content (AvgIpc) is 2.39. The molecule has 20 heavy (non-hydrogen) atoms. The molecule has 0 saturated carbocycles. The molecule has 1 N–H and O–H groups in total. The summed E-state index contributed by atoms with van der Waals surface area (Å²) in [5.41, 5.74) is 1.47. The van der Waals surface area contributed by atoms with Gasteiger partial charge in [0.1, 0.15) is 5.75 Å². The van der Waals surface area contributed by atoms with E-state index in [-0.39, 0.29) is 5.75 Å². The summed E-state index contributed by atoms with van der Waals surface area (Å²) in [7, 11) is 0. The normalized spacial score (nSPS) is 10.7. The maximum absolute atomic E-state index is 12.1. The molecule has 2 nitrogen and oxygen atoms in total. The molecule has 0 fully saturated rings. The molecular weight excluding hydrogens is 307 g/mol. The highest BCUT2D eigenvalue weighted by molar-refractivity contribution is 6.33. The van der Waals surface area contributed by atoms with E-state index in [9.17, 15) is 8.78 Å². The van der Waals surface area contributed by atoms with Gasteiger partial charge in [-0.1, -0.05) is 29.3 Å². The van der Waals surface area contributed by atoms with Crippen LogP contribution in [0.25, 0.3) is 0 Å². The van der Waals surface area contributed by atoms with Crippen LogP contribution in [0.15, 0.2) is 42.5 Å².